The second kappa shape index (κ2) is 9.36. The van der Waals surface area contributed by atoms with Crippen LogP contribution in [-0.4, -0.2) is 54.5 Å². The van der Waals surface area contributed by atoms with Gasteiger partial charge in [0, 0.05) is 26.2 Å². The molecule has 1 unspecified atom stereocenters. The molecule has 0 bridgehead atoms. The number of halogens is 1. The minimum Gasteiger partial charge on any atom is -0.339 e. The predicted molar refractivity (Wildman–Crippen MR) is 111 cm³/mol. The summed E-state index contributed by atoms with van der Waals surface area (Å²) in [6.45, 7) is 4.42. The van der Waals surface area contributed by atoms with E-state index in [1.807, 2.05) is 4.90 Å². The maximum absolute atomic E-state index is 12.7. The van der Waals surface area contributed by atoms with E-state index in [1.54, 1.807) is 0 Å². The van der Waals surface area contributed by atoms with Crippen molar-refractivity contribution in [3.05, 3.63) is 71.8 Å². The van der Waals surface area contributed by atoms with Gasteiger partial charge in [0.25, 0.3) is 0 Å². The lowest BCUT2D eigenvalue weighted by Crippen LogP contribution is -2.53. The van der Waals surface area contributed by atoms with Crippen LogP contribution >= 0.6 is 12.4 Å². The highest BCUT2D eigenvalue weighted by atomic mass is 35.5. The first-order valence-corrected chi connectivity index (χ1v) is 9.69. The number of amides is 1. The summed E-state index contributed by atoms with van der Waals surface area (Å²) < 4.78 is 0. The largest absolute Gasteiger partial charge is 0.339 e. The monoisotopic (exact) mass is 385 g/mol. The molecule has 2 aliphatic rings. The van der Waals surface area contributed by atoms with E-state index < -0.39 is 0 Å². The van der Waals surface area contributed by atoms with Crippen molar-refractivity contribution in [2.75, 3.05) is 32.7 Å². The predicted octanol–water partition coefficient (Wildman–Crippen LogP) is 3.09. The van der Waals surface area contributed by atoms with E-state index in [4.69, 9.17) is 0 Å². The maximum Gasteiger partial charge on any atom is 0.239 e. The molecule has 0 radical (unpaired) electrons. The average molecular weight is 386 g/mol. The van der Waals surface area contributed by atoms with Gasteiger partial charge in [-0.1, -0.05) is 60.7 Å². The summed E-state index contributed by atoms with van der Waals surface area (Å²) in [4.78, 5) is 17.2. The van der Waals surface area contributed by atoms with Gasteiger partial charge >= 0.3 is 0 Å². The number of nitrogens with one attached hydrogen (secondary N) is 1. The lowest BCUT2D eigenvalue weighted by Gasteiger charge is -2.40. The molecule has 2 saturated heterocycles. The van der Waals surface area contributed by atoms with Gasteiger partial charge in [0.2, 0.25) is 5.91 Å². The minimum absolute atomic E-state index is 0. The summed E-state index contributed by atoms with van der Waals surface area (Å²) in [5.41, 5.74) is 2.63. The second-order valence-electron chi connectivity index (χ2n) is 7.23. The highest BCUT2D eigenvalue weighted by Crippen LogP contribution is 2.29. The molecule has 1 amide bonds. The fourth-order valence-electron chi connectivity index (χ4n) is 4.20. The van der Waals surface area contributed by atoms with Crippen molar-refractivity contribution in [2.24, 2.45) is 0 Å². The quantitative estimate of drug-likeness (QED) is 0.878. The third kappa shape index (κ3) is 4.52. The van der Waals surface area contributed by atoms with Crippen LogP contribution < -0.4 is 5.32 Å². The molecule has 144 valence electrons. The number of nitrogens with zero attached hydrogens (tertiary/aromatic N) is 2. The van der Waals surface area contributed by atoms with E-state index in [1.165, 1.54) is 11.1 Å². The highest BCUT2D eigenvalue weighted by molar-refractivity contribution is 5.85. The molecular weight excluding hydrogens is 358 g/mol. The number of hydrogen-bond donors (Lipinski definition) is 1. The van der Waals surface area contributed by atoms with Gasteiger partial charge in [0.1, 0.15) is 0 Å². The molecule has 2 aromatic carbocycles. The van der Waals surface area contributed by atoms with Crippen molar-refractivity contribution in [1.29, 1.82) is 0 Å². The Hall–Kier alpha value is -1.88. The summed E-state index contributed by atoms with van der Waals surface area (Å²) in [6, 6.07) is 21.7. The first-order valence-electron chi connectivity index (χ1n) is 9.69. The van der Waals surface area contributed by atoms with E-state index in [0.717, 1.165) is 45.6 Å². The van der Waals surface area contributed by atoms with E-state index in [2.05, 4.69) is 70.9 Å². The van der Waals surface area contributed by atoms with E-state index in [-0.39, 0.29) is 30.4 Å². The summed E-state index contributed by atoms with van der Waals surface area (Å²) in [7, 11) is 0. The van der Waals surface area contributed by atoms with Gasteiger partial charge in [-0.3, -0.25) is 9.69 Å². The van der Waals surface area contributed by atoms with Crippen molar-refractivity contribution < 1.29 is 4.79 Å². The van der Waals surface area contributed by atoms with Crippen LogP contribution in [0.4, 0.5) is 0 Å². The minimum atomic E-state index is 0. The maximum atomic E-state index is 12.7. The average Bonchev–Trinajstić information content (AvgIpc) is 3.25. The van der Waals surface area contributed by atoms with Crippen LogP contribution in [0.5, 0.6) is 0 Å². The fraction of sp³-hybridized carbons (Fsp3) is 0.409. The normalized spacial score (nSPS) is 20.5. The molecule has 4 nitrogen and oxygen atoms in total. The van der Waals surface area contributed by atoms with Gasteiger partial charge in [0.15, 0.2) is 0 Å². The molecule has 2 aromatic rings. The topological polar surface area (TPSA) is 35.6 Å². The molecule has 1 N–H and O–H groups in total. The van der Waals surface area contributed by atoms with Crippen LogP contribution in [-0.2, 0) is 4.79 Å². The molecule has 0 aromatic heterocycles. The second-order valence-corrected chi connectivity index (χ2v) is 7.23. The van der Waals surface area contributed by atoms with Crippen LogP contribution in [0.1, 0.15) is 30.0 Å². The van der Waals surface area contributed by atoms with E-state index in [9.17, 15) is 4.79 Å². The summed E-state index contributed by atoms with van der Waals surface area (Å²) in [5, 5.41) is 3.33. The summed E-state index contributed by atoms with van der Waals surface area (Å²) >= 11 is 0. The molecule has 27 heavy (non-hydrogen) atoms. The number of carbonyl (C=O) groups excluding carboxylic acids is 1. The van der Waals surface area contributed by atoms with Crippen LogP contribution in [0.15, 0.2) is 60.7 Å². The third-order valence-corrected chi connectivity index (χ3v) is 5.58. The molecule has 4 rings (SSSR count). The zero-order valence-corrected chi connectivity index (χ0v) is 16.4. The molecule has 0 aliphatic carbocycles. The van der Waals surface area contributed by atoms with Crippen molar-refractivity contribution in [1.82, 2.24) is 15.1 Å². The fourth-order valence-corrected chi connectivity index (χ4v) is 4.20. The molecule has 0 saturated carbocycles. The molecule has 2 aliphatic heterocycles. The van der Waals surface area contributed by atoms with Crippen LogP contribution in [0.3, 0.4) is 0 Å². The van der Waals surface area contributed by atoms with Gasteiger partial charge in [-0.25, -0.2) is 0 Å². The van der Waals surface area contributed by atoms with Crippen LogP contribution in [0, 0.1) is 0 Å². The number of piperazine rings is 1. The van der Waals surface area contributed by atoms with Crippen molar-refractivity contribution in [2.45, 2.75) is 24.9 Å². The van der Waals surface area contributed by atoms with Gasteiger partial charge in [-0.05, 0) is 30.5 Å². The van der Waals surface area contributed by atoms with Crippen molar-refractivity contribution in [3.8, 4) is 0 Å². The lowest BCUT2D eigenvalue weighted by molar-refractivity contribution is -0.135. The van der Waals surface area contributed by atoms with E-state index in [0.29, 0.717) is 0 Å². The number of hydrogen-bond acceptors (Lipinski definition) is 3. The zero-order valence-electron chi connectivity index (χ0n) is 15.6. The first kappa shape index (κ1) is 19.9. The number of benzene rings is 2. The molecular formula is C22H28ClN3O. The van der Waals surface area contributed by atoms with Gasteiger partial charge in [-0.2, -0.15) is 0 Å². The molecule has 2 fully saturated rings. The van der Waals surface area contributed by atoms with Gasteiger partial charge in [-0.15, -0.1) is 12.4 Å². The molecule has 0 spiro atoms. The van der Waals surface area contributed by atoms with Gasteiger partial charge in [0.05, 0.1) is 12.1 Å². The third-order valence-electron chi connectivity index (χ3n) is 5.58. The first-order chi connectivity index (χ1) is 12.8. The Labute approximate surface area is 168 Å². The smallest absolute Gasteiger partial charge is 0.239 e. The lowest BCUT2D eigenvalue weighted by atomic mass is 9.96. The summed E-state index contributed by atoms with van der Waals surface area (Å²) in [6.07, 6.45) is 2.09. The Morgan fingerprint density at radius 3 is 1.93 bits per heavy atom. The molecule has 2 heterocycles. The van der Waals surface area contributed by atoms with Crippen molar-refractivity contribution >= 4 is 18.3 Å². The van der Waals surface area contributed by atoms with Crippen LogP contribution in [0.25, 0.3) is 0 Å². The van der Waals surface area contributed by atoms with Gasteiger partial charge < -0.3 is 10.2 Å². The SMILES string of the molecule is Cl.O=C(C1CCCN1)N1CCN(C(c2ccccc2)c2ccccc2)CC1. The number of rotatable bonds is 4. The zero-order chi connectivity index (χ0) is 17.8. The Morgan fingerprint density at radius 2 is 1.44 bits per heavy atom. The highest BCUT2D eigenvalue weighted by Gasteiger charge is 2.31. The summed E-state index contributed by atoms with van der Waals surface area (Å²) in [5.74, 6) is 0.290. The van der Waals surface area contributed by atoms with Crippen molar-refractivity contribution in [3.63, 3.8) is 0 Å². The van der Waals surface area contributed by atoms with E-state index >= 15 is 0 Å². The Kier molecular flexibility index (Phi) is 6.89. The number of carbonyl (C=O) groups is 1. The molecule has 5 heteroatoms. The Bertz CT molecular complexity index is 671. The Balaban J connectivity index is 0.00000210. The Morgan fingerprint density at radius 1 is 0.889 bits per heavy atom. The molecule has 1 atom stereocenters. The van der Waals surface area contributed by atoms with Crippen LogP contribution in [0.2, 0.25) is 0 Å². The standard InChI is InChI=1S/C22H27N3O.ClH/c26-22(20-12-7-13-23-20)25-16-14-24(15-17-25)21(18-8-3-1-4-9-18)19-10-5-2-6-11-19;/h1-6,8-11,20-21,23H,7,12-17H2;1H.